The molecule has 0 bridgehead atoms. The van der Waals surface area contributed by atoms with Gasteiger partial charge < -0.3 is 10.1 Å². The van der Waals surface area contributed by atoms with Gasteiger partial charge in [0.1, 0.15) is 11.8 Å². The van der Waals surface area contributed by atoms with Gasteiger partial charge in [-0.3, -0.25) is 9.89 Å². The van der Waals surface area contributed by atoms with Gasteiger partial charge in [-0.2, -0.15) is 5.10 Å². The molecule has 136 valence electrons. The van der Waals surface area contributed by atoms with Crippen molar-refractivity contribution in [3.05, 3.63) is 48.3 Å². The first-order valence-electron chi connectivity index (χ1n) is 8.79. The number of H-pyrrole nitrogens is 1. The van der Waals surface area contributed by atoms with Crippen LogP contribution in [0.4, 0.5) is 10.1 Å². The first kappa shape index (κ1) is 16.4. The van der Waals surface area contributed by atoms with E-state index >= 15 is 4.39 Å². The Morgan fingerprint density at radius 1 is 1.30 bits per heavy atom. The van der Waals surface area contributed by atoms with Gasteiger partial charge in [0.05, 0.1) is 21.5 Å². The molecule has 1 aliphatic heterocycles. The standard InChI is InChI=1S/C20H16FN3O2S/c21-18-13(22-20(25)14-5-3-9-26-14)8-7-12-17(18)19(24-23-12)16-10-11-4-1-2-6-15(11)27-16/h1-2,4,6-8,10,14H,3,5,9H2,(H,22,25)(H,23,24). The molecule has 3 heterocycles. The highest BCUT2D eigenvalue weighted by Gasteiger charge is 2.25. The van der Waals surface area contributed by atoms with Crippen LogP contribution in [-0.4, -0.2) is 28.8 Å². The Hall–Kier alpha value is -2.77. The summed E-state index contributed by atoms with van der Waals surface area (Å²) in [4.78, 5) is 13.2. The average Bonchev–Trinajstić information content (AvgIpc) is 3.42. The third-order valence-corrected chi connectivity index (χ3v) is 5.93. The predicted octanol–water partition coefficient (Wildman–Crippen LogP) is 4.70. The van der Waals surface area contributed by atoms with Crippen LogP contribution in [0.3, 0.4) is 0 Å². The van der Waals surface area contributed by atoms with Gasteiger partial charge in [-0.1, -0.05) is 18.2 Å². The zero-order valence-electron chi connectivity index (χ0n) is 14.3. The van der Waals surface area contributed by atoms with E-state index in [-0.39, 0.29) is 11.6 Å². The SMILES string of the molecule is O=C(Nc1ccc2[nH]nc(-c3cc4ccccc4s3)c2c1F)C1CCCO1. The minimum absolute atomic E-state index is 0.145. The van der Waals surface area contributed by atoms with Gasteiger partial charge in [-0.25, -0.2) is 4.39 Å². The highest BCUT2D eigenvalue weighted by Crippen LogP contribution is 2.38. The second-order valence-electron chi connectivity index (χ2n) is 6.56. The summed E-state index contributed by atoms with van der Waals surface area (Å²) in [5.74, 6) is -0.794. The molecule has 27 heavy (non-hydrogen) atoms. The van der Waals surface area contributed by atoms with Crippen LogP contribution in [-0.2, 0) is 9.53 Å². The number of hydrogen-bond acceptors (Lipinski definition) is 4. The molecule has 1 saturated heterocycles. The van der Waals surface area contributed by atoms with E-state index in [2.05, 4.69) is 15.5 Å². The Kier molecular flexibility index (Phi) is 3.91. The number of ether oxygens (including phenoxy) is 1. The van der Waals surface area contributed by atoms with Gasteiger partial charge >= 0.3 is 0 Å². The summed E-state index contributed by atoms with van der Waals surface area (Å²) in [5.41, 5.74) is 1.29. The molecule has 0 spiro atoms. The molecule has 1 fully saturated rings. The monoisotopic (exact) mass is 381 g/mol. The lowest BCUT2D eigenvalue weighted by molar-refractivity contribution is -0.124. The van der Waals surface area contributed by atoms with Crippen LogP contribution in [0.25, 0.3) is 31.6 Å². The molecule has 1 amide bonds. The Labute approximate surface area is 158 Å². The number of halogens is 1. The quantitative estimate of drug-likeness (QED) is 0.540. The van der Waals surface area contributed by atoms with Gasteiger partial charge in [-0.05, 0) is 42.5 Å². The van der Waals surface area contributed by atoms with Crippen LogP contribution in [0, 0.1) is 5.82 Å². The van der Waals surface area contributed by atoms with Gasteiger partial charge in [0.2, 0.25) is 0 Å². The smallest absolute Gasteiger partial charge is 0.253 e. The van der Waals surface area contributed by atoms with Crippen LogP contribution < -0.4 is 5.32 Å². The fraction of sp³-hybridized carbons (Fsp3) is 0.200. The van der Waals surface area contributed by atoms with E-state index in [4.69, 9.17) is 4.74 Å². The summed E-state index contributed by atoms with van der Waals surface area (Å²) in [6.07, 6.45) is 0.998. The molecule has 7 heteroatoms. The van der Waals surface area contributed by atoms with E-state index in [0.717, 1.165) is 21.4 Å². The number of amides is 1. The molecule has 0 aliphatic carbocycles. The van der Waals surface area contributed by atoms with E-state index in [1.807, 2.05) is 30.3 Å². The highest BCUT2D eigenvalue weighted by atomic mass is 32.1. The van der Waals surface area contributed by atoms with Crippen molar-refractivity contribution in [1.29, 1.82) is 0 Å². The topological polar surface area (TPSA) is 67.0 Å². The second kappa shape index (κ2) is 6.44. The fourth-order valence-corrected chi connectivity index (χ4v) is 4.50. The molecule has 0 saturated carbocycles. The fourth-order valence-electron chi connectivity index (χ4n) is 3.44. The summed E-state index contributed by atoms with van der Waals surface area (Å²) in [6, 6.07) is 13.3. The average molecular weight is 381 g/mol. The number of carbonyl (C=O) groups excluding carboxylic acids is 1. The van der Waals surface area contributed by atoms with E-state index in [1.165, 1.54) is 0 Å². The summed E-state index contributed by atoms with van der Waals surface area (Å²) in [5, 5.41) is 11.4. The molecule has 1 aliphatic rings. The van der Waals surface area contributed by atoms with Crippen molar-refractivity contribution in [3.63, 3.8) is 0 Å². The van der Waals surface area contributed by atoms with E-state index in [0.29, 0.717) is 29.6 Å². The molecule has 1 unspecified atom stereocenters. The minimum atomic E-state index is -0.508. The summed E-state index contributed by atoms with van der Waals surface area (Å²) in [6.45, 7) is 0.567. The van der Waals surface area contributed by atoms with Crippen molar-refractivity contribution in [2.75, 3.05) is 11.9 Å². The van der Waals surface area contributed by atoms with Crippen LogP contribution in [0.1, 0.15) is 12.8 Å². The molecule has 2 N–H and O–H groups in total. The second-order valence-corrected chi connectivity index (χ2v) is 7.65. The summed E-state index contributed by atoms with van der Waals surface area (Å²) < 4.78 is 21.7. The highest BCUT2D eigenvalue weighted by molar-refractivity contribution is 7.22. The molecule has 0 radical (unpaired) electrons. The lowest BCUT2D eigenvalue weighted by Crippen LogP contribution is -2.27. The van der Waals surface area contributed by atoms with Crippen LogP contribution in [0.15, 0.2) is 42.5 Å². The van der Waals surface area contributed by atoms with Crippen LogP contribution >= 0.6 is 11.3 Å². The van der Waals surface area contributed by atoms with Gasteiger partial charge in [-0.15, -0.1) is 11.3 Å². The predicted molar refractivity (Wildman–Crippen MR) is 104 cm³/mol. The maximum absolute atomic E-state index is 15.2. The molecular weight excluding hydrogens is 365 g/mol. The number of thiophene rings is 1. The number of fused-ring (bicyclic) bond motifs is 2. The Morgan fingerprint density at radius 2 is 2.19 bits per heavy atom. The lowest BCUT2D eigenvalue weighted by Gasteiger charge is -2.11. The van der Waals surface area contributed by atoms with Gasteiger partial charge in [0.15, 0.2) is 5.82 Å². The van der Waals surface area contributed by atoms with Gasteiger partial charge in [0, 0.05) is 11.3 Å². The minimum Gasteiger partial charge on any atom is -0.368 e. The van der Waals surface area contributed by atoms with E-state index in [1.54, 1.807) is 23.5 Å². The zero-order chi connectivity index (χ0) is 18.4. The van der Waals surface area contributed by atoms with E-state index in [9.17, 15) is 4.79 Å². The summed E-state index contributed by atoms with van der Waals surface area (Å²) >= 11 is 1.56. The number of nitrogens with one attached hydrogen (secondary N) is 2. The largest absolute Gasteiger partial charge is 0.368 e. The van der Waals surface area contributed by atoms with Crippen LogP contribution in [0.2, 0.25) is 0 Å². The number of aromatic amines is 1. The molecule has 1 atom stereocenters. The maximum Gasteiger partial charge on any atom is 0.253 e. The molecule has 4 aromatic rings. The van der Waals surface area contributed by atoms with Crippen molar-refractivity contribution < 1.29 is 13.9 Å². The molecule has 2 aromatic heterocycles. The number of anilines is 1. The number of benzene rings is 2. The lowest BCUT2D eigenvalue weighted by atomic mass is 10.1. The number of hydrogen-bond donors (Lipinski definition) is 2. The molecule has 5 rings (SSSR count). The Bertz CT molecular complexity index is 1130. The summed E-state index contributed by atoms with van der Waals surface area (Å²) in [7, 11) is 0. The number of carbonyl (C=O) groups is 1. The number of rotatable bonds is 3. The third-order valence-electron chi connectivity index (χ3n) is 4.81. The molecule has 2 aromatic carbocycles. The van der Waals surface area contributed by atoms with Crippen molar-refractivity contribution in [3.8, 4) is 10.6 Å². The third kappa shape index (κ3) is 2.79. The Balaban J connectivity index is 1.57. The number of aromatic nitrogens is 2. The van der Waals surface area contributed by atoms with Crippen molar-refractivity contribution in [2.24, 2.45) is 0 Å². The van der Waals surface area contributed by atoms with Crippen LogP contribution in [0.5, 0.6) is 0 Å². The van der Waals surface area contributed by atoms with Crippen molar-refractivity contribution in [1.82, 2.24) is 10.2 Å². The first-order chi connectivity index (χ1) is 13.2. The van der Waals surface area contributed by atoms with Gasteiger partial charge in [0.25, 0.3) is 5.91 Å². The normalized spacial score (nSPS) is 17.0. The Morgan fingerprint density at radius 3 is 3.00 bits per heavy atom. The van der Waals surface area contributed by atoms with E-state index < -0.39 is 11.9 Å². The molecule has 5 nitrogen and oxygen atoms in total. The first-order valence-corrected chi connectivity index (χ1v) is 9.60. The molecular formula is C20H16FN3O2S. The maximum atomic E-state index is 15.2. The number of nitrogens with zero attached hydrogens (tertiary/aromatic N) is 1. The zero-order valence-corrected chi connectivity index (χ0v) is 15.1. The van der Waals surface area contributed by atoms with Crippen molar-refractivity contribution in [2.45, 2.75) is 18.9 Å². The van der Waals surface area contributed by atoms with Crippen molar-refractivity contribution >= 4 is 43.9 Å².